The third-order valence-electron chi connectivity index (χ3n) is 5.36. The monoisotopic (exact) mass is 457 g/mol. The van der Waals surface area contributed by atoms with E-state index in [9.17, 15) is 18.0 Å². The van der Waals surface area contributed by atoms with Crippen LogP contribution in [0.1, 0.15) is 19.3 Å². The van der Waals surface area contributed by atoms with E-state index in [2.05, 4.69) is 10.3 Å². The summed E-state index contributed by atoms with van der Waals surface area (Å²) in [5.41, 5.74) is 2.74. The van der Waals surface area contributed by atoms with Crippen molar-refractivity contribution in [1.29, 1.82) is 0 Å². The quantitative estimate of drug-likeness (QED) is 0.482. The Bertz CT molecular complexity index is 1300. The first-order valence-corrected chi connectivity index (χ1v) is 11.6. The highest BCUT2D eigenvalue weighted by Gasteiger charge is 2.25. The number of hydrogen-bond donors (Lipinski definition) is 3. The van der Waals surface area contributed by atoms with Crippen molar-refractivity contribution in [2.45, 2.75) is 30.7 Å². The smallest absolute Gasteiger partial charge is 0.261 e. The molecule has 0 radical (unpaired) electrons. The number of amides is 1. The van der Waals surface area contributed by atoms with Gasteiger partial charge in [-0.05, 0) is 55.3 Å². The molecule has 1 amide bonds. The van der Waals surface area contributed by atoms with Gasteiger partial charge in [-0.2, -0.15) is 4.31 Å². The number of carbonyl (C=O) groups is 1. The molecule has 1 aromatic heterocycles. The molecule has 0 spiro atoms. The van der Waals surface area contributed by atoms with Gasteiger partial charge in [-0.1, -0.05) is 6.42 Å². The number of nitrogens with one attached hydrogen (secondary N) is 2. The van der Waals surface area contributed by atoms with E-state index >= 15 is 0 Å². The van der Waals surface area contributed by atoms with Crippen molar-refractivity contribution < 1.29 is 18.4 Å². The first-order chi connectivity index (χ1) is 15.4. The van der Waals surface area contributed by atoms with Gasteiger partial charge in [-0.3, -0.25) is 24.8 Å². The molecule has 2 aromatic carbocycles. The van der Waals surface area contributed by atoms with Gasteiger partial charge in [0, 0.05) is 18.8 Å². The van der Waals surface area contributed by atoms with Crippen LogP contribution in [-0.2, 0) is 21.4 Å². The Morgan fingerprint density at radius 2 is 1.72 bits per heavy atom. The predicted molar refractivity (Wildman–Crippen MR) is 119 cm³/mol. The van der Waals surface area contributed by atoms with Gasteiger partial charge in [-0.15, -0.1) is 0 Å². The van der Waals surface area contributed by atoms with Crippen LogP contribution in [0.3, 0.4) is 0 Å². The van der Waals surface area contributed by atoms with Crippen LogP contribution in [0.15, 0.2) is 58.5 Å². The summed E-state index contributed by atoms with van der Waals surface area (Å²) in [5, 5.41) is 11.9. The lowest BCUT2D eigenvalue weighted by atomic mass is 10.2. The second-order valence-corrected chi connectivity index (χ2v) is 9.50. The van der Waals surface area contributed by atoms with Crippen molar-refractivity contribution in [3.63, 3.8) is 0 Å². The fourth-order valence-corrected chi connectivity index (χ4v) is 5.18. The van der Waals surface area contributed by atoms with Crippen molar-refractivity contribution in [2.75, 3.05) is 23.9 Å². The zero-order chi connectivity index (χ0) is 22.7. The van der Waals surface area contributed by atoms with Crippen LogP contribution in [0, 0.1) is 0 Å². The Morgan fingerprint density at radius 1 is 1.03 bits per heavy atom. The average molecular weight is 458 g/mol. The Hall–Kier alpha value is -3.28. The highest BCUT2D eigenvalue weighted by Crippen LogP contribution is 2.22. The molecule has 0 atom stereocenters. The van der Waals surface area contributed by atoms with E-state index in [0.717, 1.165) is 23.8 Å². The zero-order valence-electron chi connectivity index (χ0n) is 17.2. The summed E-state index contributed by atoms with van der Waals surface area (Å²) in [6.07, 6.45) is 4.03. The second-order valence-electron chi connectivity index (χ2n) is 7.56. The second kappa shape index (κ2) is 9.07. The lowest BCUT2D eigenvalue weighted by Crippen LogP contribution is -2.35. The fourth-order valence-electron chi connectivity index (χ4n) is 3.66. The molecule has 1 fully saturated rings. The molecule has 10 nitrogen and oxygen atoms in total. The molecule has 4 rings (SSSR count). The number of carbonyl (C=O) groups excluding carboxylic acids is 1. The molecular formula is C21H23N5O5S. The van der Waals surface area contributed by atoms with Crippen LogP contribution < -0.4 is 16.4 Å². The Balaban J connectivity index is 1.46. The molecule has 1 saturated heterocycles. The summed E-state index contributed by atoms with van der Waals surface area (Å²) in [6, 6.07) is 10.6. The number of aromatic nitrogens is 2. The molecule has 0 unspecified atom stereocenters. The minimum absolute atomic E-state index is 0.181. The van der Waals surface area contributed by atoms with Crippen molar-refractivity contribution in [1.82, 2.24) is 13.9 Å². The van der Waals surface area contributed by atoms with Crippen molar-refractivity contribution in [3.8, 4) is 0 Å². The molecule has 32 heavy (non-hydrogen) atoms. The lowest BCUT2D eigenvalue weighted by Gasteiger charge is -2.25. The minimum Gasteiger partial charge on any atom is -0.325 e. The number of hydrogen-bond acceptors (Lipinski definition) is 7. The Kier molecular flexibility index (Phi) is 6.21. The van der Waals surface area contributed by atoms with Crippen LogP contribution in [0.2, 0.25) is 0 Å². The van der Waals surface area contributed by atoms with Gasteiger partial charge in [0.05, 0.1) is 27.8 Å². The number of fused-ring (bicyclic) bond motifs is 1. The summed E-state index contributed by atoms with van der Waals surface area (Å²) >= 11 is 0. The van der Waals surface area contributed by atoms with Gasteiger partial charge in [-0.25, -0.2) is 13.4 Å². The maximum absolute atomic E-state index is 12.7. The van der Waals surface area contributed by atoms with Crippen LogP contribution in [0.25, 0.3) is 10.9 Å². The van der Waals surface area contributed by atoms with Crippen LogP contribution >= 0.6 is 0 Å². The standard InChI is InChI=1S/C21H23N5O5S/c27-20(13-25-14-22-19-9-6-16(24-29)12-18(19)21(25)28)23-15-4-7-17(8-5-15)32(30,31)26-10-2-1-3-11-26/h4-9,12,14,24,29H,1-3,10-11,13H2,(H,23,27). The summed E-state index contributed by atoms with van der Waals surface area (Å²) in [6.45, 7) is 0.767. The van der Waals surface area contributed by atoms with E-state index in [4.69, 9.17) is 5.21 Å². The maximum Gasteiger partial charge on any atom is 0.261 e. The number of anilines is 2. The molecule has 0 saturated carbocycles. The number of benzene rings is 2. The summed E-state index contributed by atoms with van der Waals surface area (Å²) in [5.74, 6) is -0.462. The topological polar surface area (TPSA) is 134 Å². The highest BCUT2D eigenvalue weighted by molar-refractivity contribution is 7.89. The van der Waals surface area contributed by atoms with Gasteiger partial charge in [0.15, 0.2) is 0 Å². The molecule has 3 aromatic rings. The first-order valence-electron chi connectivity index (χ1n) is 10.2. The van der Waals surface area contributed by atoms with E-state index in [1.165, 1.54) is 41.0 Å². The Morgan fingerprint density at radius 3 is 2.41 bits per heavy atom. The van der Waals surface area contributed by atoms with Gasteiger partial charge >= 0.3 is 0 Å². The van der Waals surface area contributed by atoms with Crippen LogP contribution in [-0.4, -0.2) is 46.5 Å². The van der Waals surface area contributed by atoms with Crippen molar-refractivity contribution >= 4 is 38.2 Å². The Labute approximate surface area is 184 Å². The SMILES string of the molecule is O=C(Cn1cnc2ccc(NO)cc2c1=O)Nc1ccc(S(=O)(=O)N2CCCCC2)cc1. The molecule has 0 bridgehead atoms. The van der Waals surface area contributed by atoms with Crippen molar-refractivity contribution in [2.24, 2.45) is 0 Å². The average Bonchev–Trinajstić information content (AvgIpc) is 2.81. The van der Waals surface area contributed by atoms with Gasteiger partial charge in [0.2, 0.25) is 15.9 Å². The number of piperidine rings is 1. The van der Waals surface area contributed by atoms with Crippen LogP contribution in [0.4, 0.5) is 11.4 Å². The van der Waals surface area contributed by atoms with E-state index in [1.807, 2.05) is 5.48 Å². The lowest BCUT2D eigenvalue weighted by molar-refractivity contribution is -0.116. The molecule has 3 N–H and O–H groups in total. The molecular weight excluding hydrogens is 434 g/mol. The largest absolute Gasteiger partial charge is 0.325 e. The highest BCUT2D eigenvalue weighted by atomic mass is 32.2. The van der Waals surface area contributed by atoms with Gasteiger partial charge < -0.3 is 5.32 Å². The van der Waals surface area contributed by atoms with Gasteiger partial charge in [0.25, 0.3) is 5.56 Å². The van der Waals surface area contributed by atoms with E-state index in [0.29, 0.717) is 30.0 Å². The number of rotatable bonds is 6. The fraction of sp³-hybridized carbons (Fsp3) is 0.286. The molecule has 11 heteroatoms. The number of sulfonamides is 1. The molecule has 1 aliphatic heterocycles. The molecule has 2 heterocycles. The minimum atomic E-state index is -3.54. The zero-order valence-corrected chi connectivity index (χ0v) is 18.0. The number of nitrogens with zero attached hydrogens (tertiary/aromatic N) is 3. The molecule has 1 aliphatic rings. The van der Waals surface area contributed by atoms with Crippen LogP contribution in [0.5, 0.6) is 0 Å². The van der Waals surface area contributed by atoms with E-state index < -0.39 is 21.5 Å². The summed E-state index contributed by atoms with van der Waals surface area (Å²) in [7, 11) is -3.54. The molecule has 168 valence electrons. The van der Waals surface area contributed by atoms with E-state index in [-0.39, 0.29) is 16.8 Å². The first kappa shape index (κ1) is 21.9. The van der Waals surface area contributed by atoms with Gasteiger partial charge in [0.1, 0.15) is 6.54 Å². The summed E-state index contributed by atoms with van der Waals surface area (Å²) < 4.78 is 28.1. The van der Waals surface area contributed by atoms with E-state index in [1.54, 1.807) is 12.1 Å². The predicted octanol–water partition coefficient (Wildman–Crippen LogP) is 2.01. The maximum atomic E-state index is 12.7. The normalized spacial score (nSPS) is 14.9. The van der Waals surface area contributed by atoms with Crippen molar-refractivity contribution in [3.05, 3.63) is 59.1 Å². The molecule has 0 aliphatic carbocycles. The third-order valence-corrected chi connectivity index (χ3v) is 7.27. The summed E-state index contributed by atoms with van der Waals surface area (Å²) in [4.78, 5) is 29.4. The third kappa shape index (κ3) is 4.49.